The fraction of sp³-hybridized carbons (Fsp3) is 0.375. The Labute approximate surface area is 184 Å². The van der Waals surface area contributed by atoms with Crippen LogP contribution in [0, 0.1) is 23.7 Å². The van der Waals surface area contributed by atoms with E-state index < -0.39 is 17.8 Å². The predicted octanol–water partition coefficient (Wildman–Crippen LogP) is 4.16. The summed E-state index contributed by atoms with van der Waals surface area (Å²) in [6.07, 6.45) is 7.49. The minimum Gasteiger partial charge on any atom is -0.481 e. The number of benzene rings is 1. The number of allylic oxidation sites excluding steroid dienone is 2. The van der Waals surface area contributed by atoms with E-state index in [4.69, 9.17) is 0 Å². The number of carboxylic acids is 1. The number of amides is 2. The average Bonchev–Trinajstić information content (AvgIpc) is 3.50. The van der Waals surface area contributed by atoms with Gasteiger partial charge in [0.2, 0.25) is 5.91 Å². The van der Waals surface area contributed by atoms with Crippen LogP contribution in [0.25, 0.3) is 11.1 Å². The van der Waals surface area contributed by atoms with E-state index in [0.29, 0.717) is 10.6 Å². The maximum atomic E-state index is 13.3. The second kappa shape index (κ2) is 7.96. The van der Waals surface area contributed by atoms with Crippen molar-refractivity contribution in [1.82, 2.24) is 5.32 Å². The Morgan fingerprint density at radius 1 is 0.935 bits per heavy atom. The van der Waals surface area contributed by atoms with Crippen LogP contribution in [0.15, 0.2) is 47.9 Å². The van der Waals surface area contributed by atoms with Crippen molar-refractivity contribution in [2.24, 2.45) is 23.7 Å². The Morgan fingerprint density at radius 2 is 1.61 bits per heavy atom. The third-order valence-electron chi connectivity index (χ3n) is 6.59. The second-order valence-electron chi connectivity index (χ2n) is 8.64. The van der Waals surface area contributed by atoms with Gasteiger partial charge in [-0.05, 0) is 43.1 Å². The standard InChI is InChI=1S/C24H24N2O4S/c27-21(18-14-6-8-15(9-7-14)19(18)24(29)30)26-23-20(22(28)25-16-10-11-16)17(12-31-23)13-4-2-1-3-5-13/h1-6,8,12,14-16,18-19H,7,9-11H2,(H,25,28)(H,26,27)(H,29,30). The molecule has 3 N–H and O–H groups in total. The third-order valence-corrected chi connectivity index (χ3v) is 7.48. The molecule has 4 unspecified atom stereocenters. The lowest BCUT2D eigenvalue weighted by atomic mass is 9.62. The van der Waals surface area contributed by atoms with Gasteiger partial charge in [0.1, 0.15) is 5.00 Å². The van der Waals surface area contributed by atoms with Gasteiger partial charge in [-0.25, -0.2) is 0 Å². The van der Waals surface area contributed by atoms with Crippen molar-refractivity contribution in [1.29, 1.82) is 0 Å². The largest absolute Gasteiger partial charge is 0.481 e. The monoisotopic (exact) mass is 436 g/mol. The molecule has 2 bridgehead atoms. The molecule has 0 saturated heterocycles. The molecule has 0 spiro atoms. The quantitative estimate of drug-likeness (QED) is 0.593. The summed E-state index contributed by atoms with van der Waals surface area (Å²) < 4.78 is 0. The fourth-order valence-electron chi connectivity index (χ4n) is 4.87. The van der Waals surface area contributed by atoms with Crippen molar-refractivity contribution in [3.05, 3.63) is 53.4 Å². The number of rotatable bonds is 6. The molecule has 7 heteroatoms. The van der Waals surface area contributed by atoms with E-state index in [1.54, 1.807) is 0 Å². The van der Waals surface area contributed by atoms with Crippen LogP contribution in [0.3, 0.4) is 0 Å². The molecule has 160 valence electrons. The third kappa shape index (κ3) is 3.78. The SMILES string of the molecule is O=C(NC1CC1)c1c(-c2ccccc2)csc1NC(=O)C1C2C=CC(CC2)C1C(=O)O. The Kier molecular flexibility index (Phi) is 5.14. The maximum absolute atomic E-state index is 13.3. The summed E-state index contributed by atoms with van der Waals surface area (Å²) in [4.78, 5) is 38.3. The van der Waals surface area contributed by atoms with Crippen LogP contribution in [-0.4, -0.2) is 28.9 Å². The number of fused-ring (bicyclic) bond motifs is 2. The first-order chi connectivity index (χ1) is 15.0. The maximum Gasteiger partial charge on any atom is 0.307 e. The van der Waals surface area contributed by atoms with Crippen molar-refractivity contribution < 1.29 is 19.5 Å². The fourth-order valence-corrected chi connectivity index (χ4v) is 5.84. The number of nitrogens with one attached hydrogen (secondary N) is 2. The lowest BCUT2D eigenvalue weighted by molar-refractivity contribution is -0.151. The first-order valence-corrected chi connectivity index (χ1v) is 11.6. The van der Waals surface area contributed by atoms with E-state index in [2.05, 4.69) is 10.6 Å². The molecular formula is C24H24N2O4S. The molecule has 2 aromatic rings. The molecule has 6 nitrogen and oxygen atoms in total. The van der Waals surface area contributed by atoms with Crippen LogP contribution in [0.4, 0.5) is 5.00 Å². The lowest BCUT2D eigenvalue weighted by Gasteiger charge is -2.41. The van der Waals surface area contributed by atoms with Crippen LogP contribution in [0.2, 0.25) is 0 Å². The smallest absolute Gasteiger partial charge is 0.307 e. The van der Waals surface area contributed by atoms with Crippen LogP contribution in [0.1, 0.15) is 36.0 Å². The van der Waals surface area contributed by atoms with Crippen molar-refractivity contribution in [2.45, 2.75) is 31.7 Å². The van der Waals surface area contributed by atoms with Crippen LogP contribution in [0.5, 0.6) is 0 Å². The minimum atomic E-state index is -0.929. The molecule has 2 amide bonds. The van der Waals surface area contributed by atoms with Gasteiger partial charge in [-0.15, -0.1) is 11.3 Å². The minimum absolute atomic E-state index is 0.0802. The Hall–Kier alpha value is -2.93. The van der Waals surface area contributed by atoms with E-state index >= 15 is 0 Å². The molecule has 2 fully saturated rings. The number of thiophene rings is 1. The molecule has 6 rings (SSSR count). The number of aliphatic carboxylic acids is 1. The summed E-state index contributed by atoms with van der Waals surface area (Å²) in [7, 11) is 0. The first-order valence-electron chi connectivity index (χ1n) is 10.7. The Bertz CT molecular complexity index is 1060. The molecule has 0 aliphatic heterocycles. The van der Waals surface area contributed by atoms with Crippen molar-refractivity contribution in [3.8, 4) is 11.1 Å². The highest BCUT2D eigenvalue weighted by atomic mass is 32.1. The van der Waals surface area contributed by atoms with Gasteiger partial charge >= 0.3 is 5.97 Å². The highest BCUT2D eigenvalue weighted by molar-refractivity contribution is 7.15. The zero-order chi connectivity index (χ0) is 21.5. The van der Waals surface area contributed by atoms with Crippen LogP contribution < -0.4 is 10.6 Å². The number of hydrogen-bond acceptors (Lipinski definition) is 4. The highest BCUT2D eigenvalue weighted by Crippen LogP contribution is 2.46. The number of anilines is 1. The predicted molar refractivity (Wildman–Crippen MR) is 119 cm³/mol. The van der Waals surface area contributed by atoms with E-state index in [9.17, 15) is 19.5 Å². The van der Waals surface area contributed by atoms with Gasteiger partial charge in [0.15, 0.2) is 0 Å². The van der Waals surface area contributed by atoms with Crippen molar-refractivity contribution in [2.75, 3.05) is 5.32 Å². The molecular weight excluding hydrogens is 412 g/mol. The Morgan fingerprint density at radius 3 is 2.23 bits per heavy atom. The molecule has 1 aromatic heterocycles. The normalized spacial score (nSPS) is 26.5. The summed E-state index contributed by atoms with van der Waals surface area (Å²) in [5.41, 5.74) is 2.14. The van der Waals surface area contributed by atoms with Gasteiger partial charge in [0.25, 0.3) is 5.91 Å². The zero-order valence-corrected chi connectivity index (χ0v) is 17.7. The summed E-state index contributed by atoms with van der Waals surface area (Å²) in [6, 6.07) is 9.81. The van der Waals surface area contributed by atoms with E-state index in [-0.39, 0.29) is 29.7 Å². The van der Waals surface area contributed by atoms with Gasteiger partial charge in [-0.1, -0.05) is 42.5 Å². The molecule has 4 atom stereocenters. The highest BCUT2D eigenvalue weighted by Gasteiger charge is 2.48. The van der Waals surface area contributed by atoms with E-state index in [1.165, 1.54) is 11.3 Å². The number of carbonyl (C=O) groups excluding carboxylic acids is 2. The van der Waals surface area contributed by atoms with Crippen LogP contribution in [-0.2, 0) is 9.59 Å². The second-order valence-corrected chi connectivity index (χ2v) is 9.52. The van der Waals surface area contributed by atoms with Gasteiger partial charge < -0.3 is 15.7 Å². The van der Waals surface area contributed by atoms with Gasteiger partial charge in [-0.2, -0.15) is 0 Å². The van der Waals surface area contributed by atoms with Crippen LogP contribution >= 0.6 is 11.3 Å². The zero-order valence-electron chi connectivity index (χ0n) is 16.9. The number of hydrogen-bond donors (Lipinski definition) is 3. The molecule has 31 heavy (non-hydrogen) atoms. The average molecular weight is 437 g/mol. The van der Waals surface area contributed by atoms with Gasteiger partial charge in [-0.3, -0.25) is 14.4 Å². The lowest BCUT2D eigenvalue weighted by Crippen LogP contribution is -2.47. The molecule has 0 radical (unpaired) electrons. The van der Waals surface area contributed by atoms with Crippen molar-refractivity contribution in [3.63, 3.8) is 0 Å². The first kappa shape index (κ1) is 20.0. The summed E-state index contributed by atoms with van der Waals surface area (Å²) in [5, 5.41) is 18.1. The number of carboxylic acid groups (broad SMARTS) is 1. The van der Waals surface area contributed by atoms with Gasteiger partial charge in [0.05, 0.1) is 17.4 Å². The number of carbonyl (C=O) groups is 3. The molecule has 1 aromatic carbocycles. The Balaban J connectivity index is 1.46. The summed E-state index contributed by atoms with van der Waals surface area (Å²) in [5.74, 6) is -2.97. The topological polar surface area (TPSA) is 95.5 Å². The van der Waals surface area contributed by atoms with E-state index in [1.807, 2.05) is 47.9 Å². The van der Waals surface area contributed by atoms with Crippen molar-refractivity contribution >= 4 is 34.1 Å². The van der Waals surface area contributed by atoms with Gasteiger partial charge in [0, 0.05) is 17.0 Å². The molecule has 4 aliphatic carbocycles. The van der Waals surface area contributed by atoms with E-state index in [0.717, 1.165) is 36.8 Å². The molecule has 2 saturated carbocycles. The summed E-state index contributed by atoms with van der Waals surface area (Å²) in [6.45, 7) is 0. The summed E-state index contributed by atoms with van der Waals surface area (Å²) >= 11 is 1.31. The molecule has 4 aliphatic rings. The molecule has 1 heterocycles.